The van der Waals surface area contributed by atoms with E-state index in [9.17, 15) is 9.59 Å². The number of amides is 1. The number of nitrogens with one attached hydrogen (secondary N) is 1. The van der Waals surface area contributed by atoms with Crippen LogP contribution in [0.1, 0.15) is 12.5 Å². The first-order valence-electron chi connectivity index (χ1n) is 7.30. The molecule has 0 radical (unpaired) electrons. The number of nitrogens with zero attached hydrogens (tertiary/aromatic N) is 2. The Labute approximate surface area is 149 Å². The minimum absolute atomic E-state index is 0.211. The number of thioether (sulfide) groups is 1. The van der Waals surface area contributed by atoms with E-state index in [1.165, 1.54) is 32.0 Å². The van der Waals surface area contributed by atoms with Crippen LogP contribution in [-0.4, -0.2) is 35.9 Å². The van der Waals surface area contributed by atoms with Gasteiger partial charge in [-0.05, 0) is 35.9 Å². The third-order valence-electron chi connectivity index (χ3n) is 2.83. The number of hydrogen-bond donors (Lipinski definition) is 1. The van der Waals surface area contributed by atoms with Crippen LogP contribution >= 0.6 is 11.8 Å². The second-order valence-corrected chi connectivity index (χ2v) is 5.75. The number of benzene rings is 1. The molecule has 0 saturated carbocycles. The third kappa shape index (κ3) is 6.27. The average Bonchev–Trinajstić information content (AvgIpc) is 2.61. The summed E-state index contributed by atoms with van der Waals surface area (Å²) < 4.78 is 10.2. The standard InChI is InChI=1S/C17H17N3O4S/c1-12(21)24-14-7-6-13(9-15(14)23-2)10-19-20-16(22)11-25-17-5-3-4-8-18-17/h3-10H,11H2,1-2H3,(H,20,22). The van der Waals surface area contributed by atoms with Crippen LogP contribution in [0.3, 0.4) is 0 Å². The Morgan fingerprint density at radius 3 is 2.80 bits per heavy atom. The van der Waals surface area contributed by atoms with Crippen LogP contribution in [0.15, 0.2) is 52.7 Å². The molecule has 0 spiro atoms. The molecule has 0 saturated heterocycles. The van der Waals surface area contributed by atoms with Gasteiger partial charge in [0.1, 0.15) is 0 Å². The Balaban J connectivity index is 1.88. The van der Waals surface area contributed by atoms with Crippen LogP contribution in [0.2, 0.25) is 0 Å². The molecule has 1 aromatic heterocycles. The van der Waals surface area contributed by atoms with Crippen molar-refractivity contribution in [1.29, 1.82) is 0 Å². The molecule has 0 atom stereocenters. The molecule has 1 aromatic carbocycles. The van der Waals surface area contributed by atoms with Crippen molar-refractivity contribution in [2.24, 2.45) is 5.10 Å². The topological polar surface area (TPSA) is 89.9 Å². The van der Waals surface area contributed by atoms with Crippen molar-refractivity contribution in [2.45, 2.75) is 11.9 Å². The molecule has 1 heterocycles. The fourth-order valence-electron chi connectivity index (χ4n) is 1.79. The summed E-state index contributed by atoms with van der Waals surface area (Å²) >= 11 is 1.32. The number of aromatic nitrogens is 1. The number of esters is 1. The van der Waals surface area contributed by atoms with E-state index >= 15 is 0 Å². The van der Waals surface area contributed by atoms with Crippen molar-refractivity contribution in [3.63, 3.8) is 0 Å². The molecule has 8 heteroatoms. The highest BCUT2D eigenvalue weighted by molar-refractivity contribution is 7.99. The summed E-state index contributed by atoms with van der Waals surface area (Å²) in [5, 5.41) is 4.67. The van der Waals surface area contributed by atoms with E-state index < -0.39 is 5.97 Å². The lowest BCUT2D eigenvalue weighted by atomic mass is 10.2. The SMILES string of the molecule is COc1cc(C=NNC(=O)CSc2ccccn2)ccc1OC(C)=O. The molecule has 7 nitrogen and oxygen atoms in total. The molecule has 2 rings (SSSR count). The van der Waals surface area contributed by atoms with Gasteiger partial charge in [0.2, 0.25) is 5.91 Å². The Morgan fingerprint density at radius 1 is 1.28 bits per heavy atom. The van der Waals surface area contributed by atoms with E-state index in [0.29, 0.717) is 17.1 Å². The maximum absolute atomic E-state index is 11.7. The van der Waals surface area contributed by atoms with E-state index in [4.69, 9.17) is 9.47 Å². The zero-order valence-electron chi connectivity index (χ0n) is 13.8. The van der Waals surface area contributed by atoms with Crippen LogP contribution in [0.5, 0.6) is 11.5 Å². The average molecular weight is 359 g/mol. The van der Waals surface area contributed by atoms with E-state index in [2.05, 4.69) is 15.5 Å². The van der Waals surface area contributed by atoms with Crippen LogP contribution in [0, 0.1) is 0 Å². The monoisotopic (exact) mass is 359 g/mol. The Morgan fingerprint density at radius 2 is 2.12 bits per heavy atom. The number of ether oxygens (including phenoxy) is 2. The van der Waals surface area contributed by atoms with Crippen molar-refractivity contribution in [3.8, 4) is 11.5 Å². The summed E-state index contributed by atoms with van der Waals surface area (Å²) in [5.41, 5.74) is 3.13. The lowest BCUT2D eigenvalue weighted by Gasteiger charge is -2.08. The fourth-order valence-corrected chi connectivity index (χ4v) is 2.44. The smallest absolute Gasteiger partial charge is 0.308 e. The summed E-state index contributed by atoms with van der Waals surface area (Å²) in [6, 6.07) is 10.4. The third-order valence-corrected chi connectivity index (χ3v) is 3.78. The largest absolute Gasteiger partial charge is 0.493 e. The summed E-state index contributed by atoms with van der Waals surface area (Å²) in [4.78, 5) is 26.9. The number of pyridine rings is 1. The molecular weight excluding hydrogens is 342 g/mol. The van der Waals surface area contributed by atoms with Crippen molar-refractivity contribution in [3.05, 3.63) is 48.2 Å². The van der Waals surface area contributed by atoms with E-state index in [0.717, 1.165) is 5.03 Å². The van der Waals surface area contributed by atoms with Gasteiger partial charge in [-0.2, -0.15) is 5.10 Å². The Bertz CT molecular complexity index is 766. The zero-order valence-corrected chi connectivity index (χ0v) is 14.6. The molecule has 0 bridgehead atoms. The van der Waals surface area contributed by atoms with Gasteiger partial charge >= 0.3 is 5.97 Å². The van der Waals surface area contributed by atoms with Crippen molar-refractivity contribution < 1.29 is 19.1 Å². The predicted molar refractivity (Wildman–Crippen MR) is 95.0 cm³/mol. The molecule has 0 fully saturated rings. The highest BCUT2D eigenvalue weighted by Gasteiger charge is 2.07. The quantitative estimate of drug-likeness (QED) is 0.268. The van der Waals surface area contributed by atoms with Crippen molar-refractivity contribution in [2.75, 3.05) is 12.9 Å². The van der Waals surface area contributed by atoms with E-state index in [1.54, 1.807) is 24.4 Å². The van der Waals surface area contributed by atoms with Gasteiger partial charge in [-0.3, -0.25) is 9.59 Å². The molecule has 0 aliphatic carbocycles. The molecule has 0 unspecified atom stereocenters. The van der Waals surface area contributed by atoms with Gasteiger partial charge in [0.25, 0.3) is 0 Å². The van der Waals surface area contributed by atoms with Crippen LogP contribution < -0.4 is 14.9 Å². The summed E-state index contributed by atoms with van der Waals surface area (Å²) in [6.45, 7) is 1.31. The van der Waals surface area contributed by atoms with Gasteiger partial charge < -0.3 is 9.47 Å². The van der Waals surface area contributed by atoms with Gasteiger partial charge in [0.05, 0.1) is 24.1 Å². The second-order valence-electron chi connectivity index (χ2n) is 4.75. The number of hydrazone groups is 1. The second kappa shape index (κ2) is 9.43. The maximum Gasteiger partial charge on any atom is 0.308 e. The molecule has 2 aromatic rings. The first-order valence-corrected chi connectivity index (χ1v) is 8.29. The summed E-state index contributed by atoms with van der Waals surface area (Å²) in [6.07, 6.45) is 3.15. The van der Waals surface area contributed by atoms with Gasteiger partial charge in [0, 0.05) is 13.1 Å². The number of methoxy groups -OCH3 is 1. The van der Waals surface area contributed by atoms with Crippen molar-refractivity contribution in [1.82, 2.24) is 10.4 Å². The highest BCUT2D eigenvalue weighted by Crippen LogP contribution is 2.27. The minimum Gasteiger partial charge on any atom is -0.493 e. The number of hydrogen-bond acceptors (Lipinski definition) is 7. The molecule has 130 valence electrons. The molecular formula is C17H17N3O4S. The van der Waals surface area contributed by atoms with Gasteiger partial charge in [-0.15, -0.1) is 0 Å². The van der Waals surface area contributed by atoms with Crippen molar-refractivity contribution >= 4 is 29.9 Å². The Hall–Kier alpha value is -2.87. The predicted octanol–water partition coefficient (Wildman–Crippen LogP) is 2.26. The molecule has 0 aliphatic rings. The van der Waals surface area contributed by atoms with Gasteiger partial charge in [0.15, 0.2) is 11.5 Å². The van der Waals surface area contributed by atoms with Crippen LogP contribution in [0.25, 0.3) is 0 Å². The zero-order chi connectivity index (χ0) is 18.1. The van der Waals surface area contributed by atoms with Gasteiger partial charge in [-0.1, -0.05) is 17.8 Å². The first-order chi connectivity index (χ1) is 12.1. The van der Waals surface area contributed by atoms with E-state index in [1.807, 2.05) is 18.2 Å². The number of rotatable bonds is 7. The Kier molecular flexibility index (Phi) is 6.97. The maximum atomic E-state index is 11.7. The molecule has 0 aliphatic heterocycles. The van der Waals surface area contributed by atoms with Crippen LogP contribution in [0.4, 0.5) is 0 Å². The summed E-state index contributed by atoms with van der Waals surface area (Å²) in [7, 11) is 1.47. The number of carbonyl (C=O) groups is 2. The molecule has 1 amide bonds. The van der Waals surface area contributed by atoms with E-state index in [-0.39, 0.29) is 11.7 Å². The first kappa shape index (κ1) is 18.5. The number of carbonyl (C=O) groups excluding carboxylic acids is 2. The fraction of sp³-hybridized carbons (Fsp3) is 0.176. The normalized spacial score (nSPS) is 10.5. The highest BCUT2D eigenvalue weighted by atomic mass is 32.2. The summed E-state index contributed by atoms with van der Waals surface area (Å²) in [5.74, 6) is 0.259. The van der Waals surface area contributed by atoms with Crippen LogP contribution in [-0.2, 0) is 9.59 Å². The lowest BCUT2D eigenvalue weighted by molar-refractivity contribution is -0.132. The minimum atomic E-state index is -0.433. The molecule has 25 heavy (non-hydrogen) atoms. The molecule has 1 N–H and O–H groups in total. The van der Waals surface area contributed by atoms with Gasteiger partial charge in [-0.25, -0.2) is 10.4 Å². The lowest BCUT2D eigenvalue weighted by Crippen LogP contribution is -2.19.